The van der Waals surface area contributed by atoms with Crippen molar-refractivity contribution in [3.63, 3.8) is 0 Å². The van der Waals surface area contributed by atoms with Gasteiger partial charge in [0, 0.05) is 6.04 Å². The molecule has 0 spiro atoms. The largest absolute Gasteiger partial charge is 0.379 e. The molecule has 1 fully saturated rings. The molecule has 12 heavy (non-hydrogen) atoms. The number of hydrogen-bond acceptors (Lipinski definition) is 2. The molecule has 2 nitrogen and oxygen atoms in total. The molecular formula is C10H21NO. The first-order valence-corrected chi connectivity index (χ1v) is 4.98. The van der Waals surface area contributed by atoms with Gasteiger partial charge in [0.05, 0.1) is 0 Å². The standard InChI is InChI=1S/C10H21NO/c1-5-7(2)9-6-10(9)11(4)8(3)12/h7-10,12H,5-6H2,1-4H3. The van der Waals surface area contributed by atoms with Gasteiger partial charge in [0.15, 0.2) is 0 Å². The van der Waals surface area contributed by atoms with Crippen LogP contribution in [0.25, 0.3) is 0 Å². The van der Waals surface area contributed by atoms with Gasteiger partial charge in [-0.25, -0.2) is 0 Å². The lowest BCUT2D eigenvalue weighted by Gasteiger charge is -2.21. The number of aliphatic hydroxyl groups is 1. The lowest BCUT2D eigenvalue weighted by molar-refractivity contribution is 0.0273. The average Bonchev–Trinajstić information content (AvgIpc) is 2.80. The molecule has 1 saturated carbocycles. The van der Waals surface area contributed by atoms with E-state index in [9.17, 15) is 5.11 Å². The lowest BCUT2D eigenvalue weighted by Crippen LogP contribution is -2.32. The van der Waals surface area contributed by atoms with Gasteiger partial charge in [-0.1, -0.05) is 20.3 Å². The Labute approximate surface area is 75.6 Å². The second kappa shape index (κ2) is 3.75. The fourth-order valence-corrected chi connectivity index (χ4v) is 1.86. The normalized spacial score (nSPS) is 33.5. The van der Waals surface area contributed by atoms with Crippen LogP contribution in [0.1, 0.15) is 33.6 Å². The fourth-order valence-electron chi connectivity index (χ4n) is 1.86. The van der Waals surface area contributed by atoms with E-state index in [0.29, 0.717) is 6.04 Å². The minimum atomic E-state index is -0.288. The number of nitrogens with zero attached hydrogens (tertiary/aromatic N) is 1. The van der Waals surface area contributed by atoms with Gasteiger partial charge in [0.25, 0.3) is 0 Å². The van der Waals surface area contributed by atoms with E-state index in [1.54, 1.807) is 0 Å². The van der Waals surface area contributed by atoms with Crippen LogP contribution in [0.15, 0.2) is 0 Å². The monoisotopic (exact) mass is 171 g/mol. The van der Waals surface area contributed by atoms with Crippen molar-refractivity contribution in [2.75, 3.05) is 7.05 Å². The number of rotatable bonds is 4. The minimum absolute atomic E-state index is 0.288. The van der Waals surface area contributed by atoms with Crippen molar-refractivity contribution in [3.05, 3.63) is 0 Å². The van der Waals surface area contributed by atoms with E-state index in [0.717, 1.165) is 11.8 Å². The molecule has 2 heteroatoms. The first-order chi connectivity index (χ1) is 5.57. The predicted molar refractivity (Wildman–Crippen MR) is 50.8 cm³/mol. The SMILES string of the molecule is CCC(C)C1CC1N(C)C(C)O. The Morgan fingerprint density at radius 1 is 1.50 bits per heavy atom. The average molecular weight is 171 g/mol. The highest BCUT2D eigenvalue weighted by Crippen LogP contribution is 2.42. The van der Waals surface area contributed by atoms with E-state index in [1.165, 1.54) is 12.8 Å². The quantitative estimate of drug-likeness (QED) is 0.651. The summed E-state index contributed by atoms with van der Waals surface area (Å²) in [5.41, 5.74) is 0. The molecule has 0 bridgehead atoms. The minimum Gasteiger partial charge on any atom is -0.379 e. The molecule has 0 aliphatic heterocycles. The molecule has 4 unspecified atom stereocenters. The first-order valence-electron chi connectivity index (χ1n) is 4.98. The van der Waals surface area contributed by atoms with Crippen LogP contribution in [-0.4, -0.2) is 29.3 Å². The molecule has 0 amide bonds. The van der Waals surface area contributed by atoms with Crippen LogP contribution in [0.5, 0.6) is 0 Å². The van der Waals surface area contributed by atoms with Gasteiger partial charge in [-0.3, -0.25) is 4.90 Å². The molecule has 0 saturated heterocycles. The van der Waals surface area contributed by atoms with Crippen molar-refractivity contribution in [2.24, 2.45) is 11.8 Å². The van der Waals surface area contributed by atoms with Crippen LogP contribution in [0.3, 0.4) is 0 Å². The second-order valence-electron chi connectivity index (χ2n) is 4.15. The van der Waals surface area contributed by atoms with Crippen molar-refractivity contribution < 1.29 is 5.11 Å². The zero-order chi connectivity index (χ0) is 9.30. The summed E-state index contributed by atoms with van der Waals surface area (Å²) >= 11 is 0. The van der Waals surface area contributed by atoms with Gasteiger partial charge in [-0.2, -0.15) is 0 Å². The first kappa shape index (κ1) is 10.0. The second-order valence-corrected chi connectivity index (χ2v) is 4.15. The molecule has 0 aromatic carbocycles. The summed E-state index contributed by atoms with van der Waals surface area (Å²) in [5.74, 6) is 1.64. The molecule has 1 aliphatic carbocycles. The van der Waals surface area contributed by atoms with Crippen molar-refractivity contribution in [1.29, 1.82) is 0 Å². The van der Waals surface area contributed by atoms with Crippen molar-refractivity contribution in [2.45, 2.75) is 45.9 Å². The van der Waals surface area contributed by atoms with Crippen LogP contribution >= 0.6 is 0 Å². The van der Waals surface area contributed by atoms with Crippen molar-refractivity contribution in [3.8, 4) is 0 Å². The van der Waals surface area contributed by atoms with Gasteiger partial charge < -0.3 is 5.11 Å². The van der Waals surface area contributed by atoms with Crippen LogP contribution < -0.4 is 0 Å². The molecule has 1 aliphatic rings. The summed E-state index contributed by atoms with van der Waals surface area (Å²) in [4.78, 5) is 2.08. The smallest absolute Gasteiger partial charge is 0.104 e. The summed E-state index contributed by atoms with van der Waals surface area (Å²) < 4.78 is 0. The Hall–Kier alpha value is -0.0800. The Morgan fingerprint density at radius 2 is 2.08 bits per heavy atom. The zero-order valence-corrected chi connectivity index (χ0v) is 8.62. The Balaban J connectivity index is 2.32. The highest BCUT2D eigenvalue weighted by atomic mass is 16.3. The topological polar surface area (TPSA) is 23.5 Å². The summed E-state index contributed by atoms with van der Waals surface area (Å²) in [7, 11) is 2.01. The third-order valence-corrected chi connectivity index (χ3v) is 3.29. The summed E-state index contributed by atoms with van der Waals surface area (Å²) in [6.07, 6.45) is 2.25. The molecule has 1 rings (SSSR count). The van der Waals surface area contributed by atoms with Crippen LogP contribution in [0, 0.1) is 11.8 Å². The molecule has 0 radical (unpaired) electrons. The van der Waals surface area contributed by atoms with E-state index in [-0.39, 0.29) is 6.23 Å². The van der Waals surface area contributed by atoms with Crippen molar-refractivity contribution in [1.82, 2.24) is 4.90 Å². The molecule has 0 aromatic rings. The van der Waals surface area contributed by atoms with Gasteiger partial charge in [-0.05, 0) is 32.2 Å². The maximum atomic E-state index is 9.33. The maximum Gasteiger partial charge on any atom is 0.104 e. The molecule has 0 heterocycles. The van der Waals surface area contributed by atoms with Crippen LogP contribution in [-0.2, 0) is 0 Å². The van der Waals surface area contributed by atoms with E-state index < -0.39 is 0 Å². The third-order valence-electron chi connectivity index (χ3n) is 3.29. The summed E-state index contributed by atoms with van der Waals surface area (Å²) in [5, 5.41) is 9.33. The van der Waals surface area contributed by atoms with Crippen LogP contribution in [0.2, 0.25) is 0 Å². The van der Waals surface area contributed by atoms with Gasteiger partial charge >= 0.3 is 0 Å². The Morgan fingerprint density at radius 3 is 2.50 bits per heavy atom. The molecule has 1 N–H and O–H groups in total. The molecule has 72 valence electrons. The van der Waals surface area contributed by atoms with Gasteiger partial charge in [-0.15, -0.1) is 0 Å². The van der Waals surface area contributed by atoms with E-state index in [2.05, 4.69) is 18.7 Å². The van der Waals surface area contributed by atoms with E-state index >= 15 is 0 Å². The number of hydrogen-bond donors (Lipinski definition) is 1. The highest BCUT2D eigenvalue weighted by molar-refractivity contribution is 4.96. The van der Waals surface area contributed by atoms with Gasteiger partial charge in [0.1, 0.15) is 6.23 Å². The molecule has 0 aromatic heterocycles. The molecule has 4 atom stereocenters. The zero-order valence-electron chi connectivity index (χ0n) is 8.62. The van der Waals surface area contributed by atoms with E-state index in [4.69, 9.17) is 0 Å². The third kappa shape index (κ3) is 1.99. The fraction of sp³-hybridized carbons (Fsp3) is 1.00. The molecular weight excluding hydrogens is 150 g/mol. The lowest BCUT2D eigenvalue weighted by atomic mass is 10.0. The van der Waals surface area contributed by atoms with Crippen molar-refractivity contribution >= 4 is 0 Å². The maximum absolute atomic E-state index is 9.33. The van der Waals surface area contributed by atoms with E-state index in [1.807, 2.05) is 14.0 Å². The predicted octanol–water partition coefficient (Wildman–Crippen LogP) is 1.69. The Bertz CT molecular complexity index is 147. The van der Waals surface area contributed by atoms with Crippen LogP contribution in [0.4, 0.5) is 0 Å². The summed E-state index contributed by atoms with van der Waals surface area (Å²) in [6, 6.07) is 0.639. The van der Waals surface area contributed by atoms with Gasteiger partial charge in [0.2, 0.25) is 0 Å². The number of aliphatic hydroxyl groups excluding tert-OH is 1. The summed E-state index contributed by atoms with van der Waals surface area (Å²) in [6.45, 7) is 6.38. The highest BCUT2D eigenvalue weighted by Gasteiger charge is 2.43. The Kier molecular flexibility index (Phi) is 3.13.